The first kappa shape index (κ1) is 21.3. The number of carbonyl (C=O) groups excluding carboxylic acids is 1. The minimum Gasteiger partial charge on any atom is -0.458 e. The van der Waals surface area contributed by atoms with E-state index in [-0.39, 0.29) is 18.2 Å². The van der Waals surface area contributed by atoms with Crippen molar-refractivity contribution < 1.29 is 19.0 Å². The van der Waals surface area contributed by atoms with E-state index in [1.165, 1.54) is 22.6 Å². The molecule has 2 fully saturated rings. The number of hydrogen-bond acceptors (Lipinski definition) is 5. The lowest BCUT2D eigenvalue weighted by atomic mass is 9.91. The largest absolute Gasteiger partial charge is 0.458 e. The molecule has 1 saturated carbocycles. The molecule has 6 heteroatoms. The second kappa shape index (κ2) is 8.41. The number of fused-ring (bicyclic) bond motifs is 1. The molecule has 2 aromatic heterocycles. The van der Waals surface area contributed by atoms with E-state index in [4.69, 9.17) is 9.72 Å². The predicted molar refractivity (Wildman–Crippen MR) is 125 cm³/mol. The number of thiophene rings is 1. The summed E-state index contributed by atoms with van der Waals surface area (Å²) in [6.07, 6.45) is 6.24. The highest BCUT2D eigenvalue weighted by Gasteiger charge is 2.31. The van der Waals surface area contributed by atoms with E-state index in [9.17, 15) is 14.3 Å². The average molecular weight is 452 g/mol. The molecule has 1 saturated heterocycles. The van der Waals surface area contributed by atoms with Gasteiger partial charge in [-0.3, -0.25) is 4.79 Å². The third kappa shape index (κ3) is 3.97. The second-order valence-corrected chi connectivity index (χ2v) is 9.92. The first-order valence-corrected chi connectivity index (χ1v) is 12.0. The van der Waals surface area contributed by atoms with Crippen LogP contribution in [0.3, 0.4) is 0 Å². The molecule has 1 aromatic carbocycles. The molecule has 1 aliphatic heterocycles. The van der Waals surface area contributed by atoms with Gasteiger partial charge in [0.05, 0.1) is 18.2 Å². The normalized spacial score (nSPS) is 21.4. The number of carbonyl (C=O) groups is 1. The van der Waals surface area contributed by atoms with Gasteiger partial charge in [-0.15, -0.1) is 11.3 Å². The van der Waals surface area contributed by atoms with E-state index in [0.29, 0.717) is 12.3 Å². The van der Waals surface area contributed by atoms with Gasteiger partial charge in [0.2, 0.25) is 0 Å². The van der Waals surface area contributed by atoms with E-state index in [1.807, 2.05) is 24.3 Å². The van der Waals surface area contributed by atoms with Gasteiger partial charge in [0.15, 0.2) is 0 Å². The van der Waals surface area contributed by atoms with Crippen molar-refractivity contribution in [2.24, 2.45) is 0 Å². The van der Waals surface area contributed by atoms with Crippen LogP contribution in [0.5, 0.6) is 0 Å². The van der Waals surface area contributed by atoms with Crippen LogP contribution < -0.4 is 0 Å². The number of halogens is 1. The Hall–Kier alpha value is -2.57. The van der Waals surface area contributed by atoms with Gasteiger partial charge in [-0.05, 0) is 55.5 Å². The van der Waals surface area contributed by atoms with Crippen LogP contribution in [0, 0.1) is 12.7 Å². The Labute approximate surface area is 190 Å². The summed E-state index contributed by atoms with van der Waals surface area (Å²) in [5.41, 5.74) is 5.36. The number of cyclic esters (lactones) is 1. The summed E-state index contributed by atoms with van der Waals surface area (Å²) >= 11 is 1.72. The summed E-state index contributed by atoms with van der Waals surface area (Å²) in [4.78, 5) is 19.2. The summed E-state index contributed by atoms with van der Waals surface area (Å²) in [6.45, 7) is 4.28. The minimum absolute atomic E-state index is 0.0417. The van der Waals surface area contributed by atoms with Crippen LogP contribution in [0.2, 0.25) is 0 Å². The Morgan fingerprint density at radius 3 is 2.69 bits per heavy atom. The summed E-state index contributed by atoms with van der Waals surface area (Å²) < 4.78 is 19.2. The Morgan fingerprint density at radius 1 is 1.28 bits per heavy atom. The molecule has 0 spiro atoms. The van der Waals surface area contributed by atoms with E-state index in [2.05, 4.69) is 13.8 Å². The Morgan fingerprint density at radius 2 is 2.03 bits per heavy atom. The summed E-state index contributed by atoms with van der Waals surface area (Å²) in [6, 6.07) is 6.65. The number of benzene rings is 1. The molecule has 2 unspecified atom stereocenters. The molecule has 0 radical (unpaired) electrons. The number of hydrogen-bond donors (Lipinski definition) is 1. The number of nitrogens with zero attached hydrogens (tertiary/aromatic N) is 1. The number of aliphatic hydroxyl groups excluding tert-OH is 1. The predicted octanol–water partition coefficient (Wildman–Crippen LogP) is 5.93. The monoisotopic (exact) mass is 451 g/mol. The first-order chi connectivity index (χ1) is 15.4. The van der Waals surface area contributed by atoms with Crippen LogP contribution in [-0.2, 0) is 16.0 Å². The Kier molecular flexibility index (Phi) is 5.59. The van der Waals surface area contributed by atoms with Crippen LogP contribution in [0.1, 0.15) is 60.2 Å². The van der Waals surface area contributed by atoms with Crippen molar-refractivity contribution in [2.75, 3.05) is 0 Å². The third-order valence-corrected chi connectivity index (χ3v) is 7.37. The second-order valence-electron chi connectivity index (χ2n) is 8.72. The SMILES string of the molecule is CCc1c(C)sc2nc(C3CC3)c(/C=C/C3CC(O)CC(=O)O3)c(-c3ccc(F)cc3)c12. The lowest BCUT2D eigenvalue weighted by Gasteiger charge is -2.23. The molecule has 0 bridgehead atoms. The molecule has 3 aromatic rings. The molecule has 5 rings (SSSR count). The van der Waals surface area contributed by atoms with E-state index < -0.39 is 12.2 Å². The molecule has 2 aliphatic rings. The van der Waals surface area contributed by atoms with Crippen molar-refractivity contribution in [1.29, 1.82) is 0 Å². The van der Waals surface area contributed by atoms with Gasteiger partial charge in [0.25, 0.3) is 0 Å². The highest BCUT2D eigenvalue weighted by molar-refractivity contribution is 7.18. The molecule has 0 amide bonds. The fourth-order valence-electron chi connectivity index (χ4n) is 4.64. The number of rotatable bonds is 5. The maximum Gasteiger partial charge on any atom is 0.309 e. The van der Waals surface area contributed by atoms with Crippen LogP contribution >= 0.6 is 11.3 Å². The molecule has 2 atom stereocenters. The van der Waals surface area contributed by atoms with Crippen molar-refractivity contribution in [3.8, 4) is 11.1 Å². The van der Waals surface area contributed by atoms with Crippen molar-refractivity contribution >= 4 is 33.6 Å². The number of esters is 1. The van der Waals surface area contributed by atoms with Gasteiger partial charge >= 0.3 is 5.97 Å². The molecule has 166 valence electrons. The third-order valence-electron chi connectivity index (χ3n) is 6.33. The van der Waals surface area contributed by atoms with Crippen LogP contribution in [0.4, 0.5) is 4.39 Å². The van der Waals surface area contributed by atoms with E-state index in [1.54, 1.807) is 11.3 Å². The molecular formula is C26H26FNO3S. The molecule has 1 aliphatic carbocycles. The van der Waals surface area contributed by atoms with Gasteiger partial charge in [-0.25, -0.2) is 9.37 Å². The van der Waals surface area contributed by atoms with Gasteiger partial charge in [0.1, 0.15) is 16.8 Å². The standard InChI is InChI=1S/C26H26FNO3S/c1-3-20-14(2)32-26-24(20)23(15-6-8-17(27)9-7-15)21(25(28-26)16-4-5-16)11-10-19-12-18(29)13-22(30)31-19/h6-11,16,18-19,29H,3-5,12-13H2,1-2H3/b11-10+. The minimum atomic E-state index is -0.683. The topological polar surface area (TPSA) is 59.4 Å². The zero-order chi connectivity index (χ0) is 22.4. The lowest BCUT2D eigenvalue weighted by molar-refractivity contribution is -0.156. The Balaban J connectivity index is 1.73. The quantitative estimate of drug-likeness (QED) is 0.489. The molecule has 1 N–H and O–H groups in total. The molecule has 3 heterocycles. The van der Waals surface area contributed by atoms with Crippen molar-refractivity contribution in [1.82, 2.24) is 4.98 Å². The molecule has 32 heavy (non-hydrogen) atoms. The number of ether oxygens (including phenoxy) is 1. The van der Waals surface area contributed by atoms with E-state index in [0.717, 1.165) is 51.9 Å². The van der Waals surface area contributed by atoms with Gasteiger partial charge in [0, 0.05) is 33.7 Å². The maximum atomic E-state index is 13.8. The fraction of sp³-hybridized carbons (Fsp3) is 0.385. The van der Waals surface area contributed by atoms with Crippen molar-refractivity contribution in [2.45, 2.75) is 64.1 Å². The van der Waals surface area contributed by atoms with Crippen LogP contribution in [0.25, 0.3) is 27.4 Å². The van der Waals surface area contributed by atoms with Crippen molar-refractivity contribution in [3.05, 3.63) is 57.9 Å². The Bertz CT molecular complexity index is 1210. The lowest BCUT2D eigenvalue weighted by Crippen LogP contribution is -2.31. The molecule has 4 nitrogen and oxygen atoms in total. The average Bonchev–Trinajstić information content (AvgIpc) is 3.54. The van der Waals surface area contributed by atoms with Gasteiger partial charge < -0.3 is 9.84 Å². The zero-order valence-electron chi connectivity index (χ0n) is 18.2. The van der Waals surface area contributed by atoms with Crippen molar-refractivity contribution in [3.63, 3.8) is 0 Å². The van der Waals surface area contributed by atoms with Crippen LogP contribution in [-0.4, -0.2) is 28.3 Å². The number of aliphatic hydroxyl groups is 1. The summed E-state index contributed by atoms with van der Waals surface area (Å²) in [7, 11) is 0. The van der Waals surface area contributed by atoms with Crippen LogP contribution in [0.15, 0.2) is 30.3 Å². The van der Waals surface area contributed by atoms with Gasteiger partial charge in [-0.1, -0.05) is 25.1 Å². The van der Waals surface area contributed by atoms with E-state index >= 15 is 0 Å². The number of pyridine rings is 1. The first-order valence-electron chi connectivity index (χ1n) is 11.2. The highest BCUT2D eigenvalue weighted by atomic mass is 32.1. The maximum absolute atomic E-state index is 13.8. The number of aryl methyl sites for hydroxylation is 2. The summed E-state index contributed by atoms with van der Waals surface area (Å²) in [5, 5.41) is 11.1. The molecular weight excluding hydrogens is 425 g/mol. The smallest absolute Gasteiger partial charge is 0.309 e. The number of aromatic nitrogens is 1. The fourth-order valence-corrected chi connectivity index (χ4v) is 5.77. The highest BCUT2D eigenvalue weighted by Crippen LogP contribution is 2.48. The zero-order valence-corrected chi connectivity index (χ0v) is 19.0. The summed E-state index contributed by atoms with van der Waals surface area (Å²) in [5.74, 6) is -0.237. The van der Waals surface area contributed by atoms with Gasteiger partial charge in [-0.2, -0.15) is 0 Å².